The zero-order valence-corrected chi connectivity index (χ0v) is 7.50. The Kier molecular flexibility index (Phi) is 3.11. The maximum atomic E-state index is 7.17. The molecule has 65 valence electrons. The van der Waals surface area contributed by atoms with Crippen LogP contribution in [0.1, 0.15) is 19.4 Å². The molecule has 0 bridgehead atoms. The fraction of sp³-hybridized carbons (Fsp3) is 0.400. The van der Waals surface area contributed by atoms with E-state index in [1.54, 1.807) is 0 Å². The minimum absolute atomic E-state index is 0.200. The largest absolute Gasteiger partial charge is 0.491 e. The second-order valence-electron chi connectivity index (χ2n) is 2.99. The highest BCUT2D eigenvalue weighted by Gasteiger charge is 1.97. The first-order valence-corrected chi connectivity index (χ1v) is 4.12. The fourth-order valence-electron chi connectivity index (χ4n) is 1.00. The van der Waals surface area contributed by atoms with E-state index in [0.717, 1.165) is 11.3 Å². The molecule has 0 saturated heterocycles. The van der Waals surface area contributed by atoms with Crippen LogP contribution in [0.25, 0.3) is 0 Å². The highest BCUT2D eigenvalue weighted by molar-refractivity contribution is 5.28. The predicted octanol–water partition coefficient (Wildman–Crippen LogP) is 2.26. The van der Waals surface area contributed by atoms with Crippen LogP contribution in [0.3, 0.4) is 0 Å². The summed E-state index contributed by atoms with van der Waals surface area (Å²) in [6, 6.07) is 7.67. The smallest absolute Gasteiger partial charge is 0.120 e. The van der Waals surface area contributed by atoms with Gasteiger partial charge in [0, 0.05) is 6.54 Å². The van der Waals surface area contributed by atoms with Crippen molar-refractivity contribution in [2.75, 3.05) is 0 Å². The molecule has 0 heterocycles. The first-order chi connectivity index (χ1) is 5.72. The summed E-state index contributed by atoms with van der Waals surface area (Å²) in [7, 11) is 0. The van der Waals surface area contributed by atoms with Gasteiger partial charge in [-0.1, -0.05) is 12.1 Å². The van der Waals surface area contributed by atoms with Gasteiger partial charge >= 0.3 is 0 Å². The van der Waals surface area contributed by atoms with Crippen LogP contribution >= 0.6 is 0 Å². The van der Waals surface area contributed by atoms with Gasteiger partial charge in [-0.25, -0.2) is 0 Å². The molecule has 0 aliphatic carbocycles. The highest BCUT2D eigenvalue weighted by Crippen LogP contribution is 2.14. The molecule has 0 fully saturated rings. The van der Waals surface area contributed by atoms with Crippen molar-refractivity contribution in [2.45, 2.75) is 26.5 Å². The summed E-state index contributed by atoms with van der Waals surface area (Å²) in [5, 5.41) is 0. The normalized spacial score (nSPS) is 10.3. The molecule has 0 spiro atoms. The number of hydrogen-bond donors (Lipinski definition) is 0. The maximum Gasteiger partial charge on any atom is 0.120 e. The molecule has 1 N–H and O–H groups in total. The van der Waals surface area contributed by atoms with Gasteiger partial charge in [0.25, 0.3) is 0 Å². The van der Waals surface area contributed by atoms with Crippen molar-refractivity contribution in [3.63, 3.8) is 0 Å². The zero-order valence-electron chi connectivity index (χ0n) is 7.50. The third-order valence-corrected chi connectivity index (χ3v) is 1.47. The Hall–Kier alpha value is -1.02. The number of benzene rings is 1. The average Bonchev–Trinajstić information content (AvgIpc) is 2.03. The van der Waals surface area contributed by atoms with E-state index in [1.165, 1.54) is 0 Å². The molecule has 0 atom stereocenters. The standard InChI is InChI=1S/C10H14NO/c1-8(2)12-10-5-3-4-9(6-10)7-11/h3-6,8,11H,7H2,1-2H3. The molecule has 1 aromatic rings. The van der Waals surface area contributed by atoms with Crippen molar-refractivity contribution < 1.29 is 4.74 Å². The molecule has 0 aromatic heterocycles. The van der Waals surface area contributed by atoms with Gasteiger partial charge in [-0.3, -0.25) is 5.73 Å². The zero-order chi connectivity index (χ0) is 8.97. The molecule has 2 heteroatoms. The van der Waals surface area contributed by atoms with Gasteiger partial charge < -0.3 is 4.74 Å². The lowest BCUT2D eigenvalue weighted by Crippen LogP contribution is -2.05. The molecular formula is C10H14NO. The first kappa shape index (κ1) is 9.07. The Morgan fingerprint density at radius 2 is 2.17 bits per heavy atom. The van der Waals surface area contributed by atoms with E-state index < -0.39 is 0 Å². The molecule has 1 radical (unpaired) electrons. The lowest BCUT2D eigenvalue weighted by Gasteiger charge is -2.09. The number of rotatable bonds is 3. The second-order valence-corrected chi connectivity index (χ2v) is 2.99. The van der Waals surface area contributed by atoms with Crippen molar-refractivity contribution in [1.82, 2.24) is 5.73 Å². The lowest BCUT2D eigenvalue weighted by molar-refractivity contribution is 0.242. The van der Waals surface area contributed by atoms with Crippen LogP contribution < -0.4 is 10.5 Å². The average molecular weight is 164 g/mol. The van der Waals surface area contributed by atoms with Crippen LogP contribution in [-0.2, 0) is 6.54 Å². The third-order valence-electron chi connectivity index (χ3n) is 1.47. The van der Waals surface area contributed by atoms with E-state index in [0.29, 0.717) is 6.54 Å². The van der Waals surface area contributed by atoms with Gasteiger partial charge in [0.1, 0.15) is 5.75 Å². The Labute approximate surface area is 73.3 Å². The van der Waals surface area contributed by atoms with E-state index >= 15 is 0 Å². The van der Waals surface area contributed by atoms with Crippen molar-refractivity contribution in [3.8, 4) is 5.75 Å². The van der Waals surface area contributed by atoms with E-state index in [1.807, 2.05) is 38.1 Å². The van der Waals surface area contributed by atoms with Crippen molar-refractivity contribution in [3.05, 3.63) is 29.8 Å². The first-order valence-electron chi connectivity index (χ1n) is 4.12. The van der Waals surface area contributed by atoms with Crippen molar-refractivity contribution >= 4 is 0 Å². The van der Waals surface area contributed by atoms with Gasteiger partial charge in [0.15, 0.2) is 0 Å². The van der Waals surface area contributed by atoms with Gasteiger partial charge in [0.2, 0.25) is 0 Å². The summed E-state index contributed by atoms with van der Waals surface area (Å²) < 4.78 is 5.47. The summed E-state index contributed by atoms with van der Waals surface area (Å²) in [4.78, 5) is 0. The van der Waals surface area contributed by atoms with Crippen LogP contribution in [-0.4, -0.2) is 6.10 Å². The summed E-state index contributed by atoms with van der Waals surface area (Å²) in [6.07, 6.45) is 0.200. The molecule has 0 aliphatic heterocycles. The monoisotopic (exact) mass is 164 g/mol. The Balaban J connectivity index is 2.72. The van der Waals surface area contributed by atoms with Crippen LogP contribution in [0.4, 0.5) is 0 Å². The van der Waals surface area contributed by atoms with Gasteiger partial charge in [-0.2, -0.15) is 0 Å². The summed E-state index contributed by atoms with van der Waals surface area (Å²) in [5.74, 6) is 0.856. The lowest BCUT2D eigenvalue weighted by atomic mass is 10.2. The van der Waals surface area contributed by atoms with E-state index in [-0.39, 0.29) is 6.10 Å². The van der Waals surface area contributed by atoms with Gasteiger partial charge in [0.05, 0.1) is 6.10 Å². The van der Waals surface area contributed by atoms with Gasteiger partial charge in [-0.05, 0) is 31.5 Å². The second kappa shape index (κ2) is 4.12. The quantitative estimate of drug-likeness (QED) is 0.674. The van der Waals surface area contributed by atoms with Crippen molar-refractivity contribution in [1.29, 1.82) is 0 Å². The molecule has 12 heavy (non-hydrogen) atoms. The molecule has 0 saturated carbocycles. The van der Waals surface area contributed by atoms with Crippen LogP contribution in [0.2, 0.25) is 0 Å². The molecular weight excluding hydrogens is 150 g/mol. The van der Waals surface area contributed by atoms with Crippen LogP contribution in [0.15, 0.2) is 24.3 Å². The SMILES string of the molecule is CC(C)Oc1cccc(C[NH])c1. The minimum atomic E-state index is 0.200. The summed E-state index contributed by atoms with van der Waals surface area (Å²) in [6.45, 7) is 4.30. The van der Waals surface area contributed by atoms with E-state index in [4.69, 9.17) is 10.5 Å². The van der Waals surface area contributed by atoms with Crippen LogP contribution in [0.5, 0.6) is 5.75 Å². The van der Waals surface area contributed by atoms with Crippen molar-refractivity contribution in [2.24, 2.45) is 0 Å². The van der Waals surface area contributed by atoms with Gasteiger partial charge in [-0.15, -0.1) is 0 Å². The summed E-state index contributed by atoms with van der Waals surface area (Å²) in [5.41, 5.74) is 8.16. The maximum absolute atomic E-state index is 7.17. The van der Waals surface area contributed by atoms with Crippen LogP contribution in [0, 0.1) is 0 Å². The molecule has 2 nitrogen and oxygen atoms in total. The van der Waals surface area contributed by atoms with E-state index in [9.17, 15) is 0 Å². The van der Waals surface area contributed by atoms with E-state index in [2.05, 4.69) is 0 Å². The minimum Gasteiger partial charge on any atom is -0.491 e. The Bertz CT molecular complexity index is 245. The third kappa shape index (κ3) is 2.55. The fourth-order valence-corrected chi connectivity index (χ4v) is 1.00. The number of hydrogen-bond acceptors (Lipinski definition) is 1. The number of ether oxygens (including phenoxy) is 1. The Morgan fingerprint density at radius 1 is 1.42 bits per heavy atom. The topological polar surface area (TPSA) is 33.0 Å². The number of nitrogens with one attached hydrogen (secondary N) is 1. The predicted molar refractivity (Wildman–Crippen MR) is 49.0 cm³/mol. The summed E-state index contributed by atoms with van der Waals surface area (Å²) >= 11 is 0. The molecule has 0 aliphatic rings. The molecule has 0 amide bonds. The highest BCUT2D eigenvalue weighted by atomic mass is 16.5. The Morgan fingerprint density at radius 3 is 2.75 bits per heavy atom. The molecule has 0 unspecified atom stereocenters. The molecule has 1 rings (SSSR count). The molecule has 1 aromatic carbocycles.